The Morgan fingerprint density at radius 3 is 2.92 bits per heavy atom. The van der Waals surface area contributed by atoms with Crippen molar-refractivity contribution in [1.82, 2.24) is 19.9 Å². The van der Waals surface area contributed by atoms with E-state index in [-0.39, 0.29) is 58.4 Å². The number of nitrogens with zero attached hydrogens (tertiary/aromatic N) is 4. The van der Waals surface area contributed by atoms with Gasteiger partial charge in [0.1, 0.15) is 5.03 Å². The van der Waals surface area contributed by atoms with Crippen LogP contribution in [0.2, 0.25) is 0 Å². The van der Waals surface area contributed by atoms with Crippen LogP contribution >= 0.6 is 23.5 Å². The summed E-state index contributed by atoms with van der Waals surface area (Å²) in [5, 5.41) is 30.6. The number of rotatable bonds is 4. The van der Waals surface area contributed by atoms with Gasteiger partial charge >= 0.3 is 29.6 Å². The van der Waals surface area contributed by atoms with Gasteiger partial charge in [-0.1, -0.05) is 12.1 Å². The molecule has 8 nitrogen and oxygen atoms in total. The smallest absolute Gasteiger partial charge is 0.543 e. The van der Waals surface area contributed by atoms with Gasteiger partial charge in [0.25, 0.3) is 0 Å². The molecule has 1 aromatic heterocycles. The third-order valence-corrected chi connectivity index (χ3v) is 7.83. The molecule has 4 heterocycles. The molecule has 11 heteroatoms. The molecule has 1 saturated heterocycles. The summed E-state index contributed by atoms with van der Waals surface area (Å²) >= 11 is 3.11. The van der Waals surface area contributed by atoms with Crippen LogP contribution in [0.5, 0.6) is 0 Å². The number of aromatic nitrogens is 3. The van der Waals surface area contributed by atoms with Crippen LogP contribution < -0.4 is 34.7 Å². The van der Waals surface area contributed by atoms with Crippen LogP contribution in [0.15, 0.2) is 21.8 Å². The van der Waals surface area contributed by atoms with Crippen molar-refractivity contribution in [2.24, 2.45) is 11.8 Å². The Morgan fingerprint density at radius 1 is 1.54 bits per heavy atom. The van der Waals surface area contributed by atoms with Gasteiger partial charge < -0.3 is 19.9 Å². The van der Waals surface area contributed by atoms with E-state index in [0.717, 1.165) is 10.8 Å². The van der Waals surface area contributed by atoms with Crippen LogP contribution in [0.4, 0.5) is 0 Å². The first-order chi connectivity index (χ1) is 11.9. The van der Waals surface area contributed by atoms with Crippen LogP contribution in [0, 0.1) is 11.8 Å². The van der Waals surface area contributed by atoms with Gasteiger partial charge in [-0.3, -0.25) is 4.79 Å². The van der Waals surface area contributed by atoms with Gasteiger partial charge in [0.15, 0.2) is 0 Å². The molecule has 26 heavy (non-hydrogen) atoms. The summed E-state index contributed by atoms with van der Waals surface area (Å²) < 4.78 is 1.81. The number of amides is 1. The fraction of sp³-hybridized carbons (Fsp3) is 0.600. The van der Waals surface area contributed by atoms with Gasteiger partial charge in [-0.15, -0.1) is 28.6 Å². The summed E-state index contributed by atoms with van der Waals surface area (Å²) in [4.78, 5) is 26.0. The second-order valence-corrected chi connectivity index (χ2v) is 8.94. The Morgan fingerprint density at radius 2 is 2.27 bits per heavy atom. The van der Waals surface area contributed by atoms with Crippen LogP contribution in [-0.4, -0.2) is 60.0 Å². The zero-order valence-corrected chi connectivity index (χ0v) is 18.3. The first-order valence-electron chi connectivity index (χ1n) is 8.04. The van der Waals surface area contributed by atoms with E-state index in [0.29, 0.717) is 11.4 Å². The molecule has 3 aliphatic rings. The van der Waals surface area contributed by atoms with Gasteiger partial charge in [-0.2, -0.15) is 0 Å². The molecular formula is C15H17N4NaO4S2. The van der Waals surface area contributed by atoms with Gasteiger partial charge in [0.2, 0.25) is 5.91 Å². The van der Waals surface area contributed by atoms with Gasteiger partial charge in [-0.05, 0) is 6.92 Å². The average molecular weight is 404 g/mol. The number of carboxylic acid groups (broad SMARTS) is 1. The summed E-state index contributed by atoms with van der Waals surface area (Å²) in [5.41, 5.74) is -0.0289. The number of thioether (sulfide) groups is 2. The van der Waals surface area contributed by atoms with E-state index in [1.165, 1.54) is 16.7 Å². The van der Waals surface area contributed by atoms with Crippen molar-refractivity contribution in [2.45, 2.75) is 42.8 Å². The largest absolute Gasteiger partial charge is 1.00 e. The molecule has 3 aliphatic heterocycles. The number of β-lactam (4-membered cyclic amide) rings is 1. The minimum Gasteiger partial charge on any atom is -0.543 e. The number of carbonyl (C=O) groups excluding carboxylic acids is 2. The van der Waals surface area contributed by atoms with Gasteiger partial charge in [-0.25, -0.2) is 4.68 Å². The number of carboxylic acids is 1. The molecule has 0 aliphatic carbocycles. The summed E-state index contributed by atoms with van der Waals surface area (Å²) in [6, 6.07) is -0.305. The summed E-state index contributed by atoms with van der Waals surface area (Å²) in [7, 11) is 0. The first kappa shape index (κ1) is 20.2. The Hall–Kier alpha value is -0.520. The van der Waals surface area contributed by atoms with Crippen molar-refractivity contribution in [3.05, 3.63) is 16.8 Å². The van der Waals surface area contributed by atoms with Crippen LogP contribution in [-0.2, 0) is 16.1 Å². The molecule has 1 aromatic rings. The molecule has 1 unspecified atom stereocenters. The molecule has 4 rings (SSSR count). The average Bonchev–Trinajstić information content (AvgIpc) is 3.09. The van der Waals surface area contributed by atoms with E-state index >= 15 is 0 Å². The van der Waals surface area contributed by atoms with Crippen molar-refractivity contribution in [2.75, 3.05) is 5.75 Å². The maximum Gasteiger partial charge on any atom is 1.00 e. The number of aliphatic carboxylic acids is 1. The van der Waals surface area contributed by atoms with Gasteiger partial charge in [0.05, 0.1) is 42.5 Å². The molecule has 5 atom stereocenters. The topological polar surface area (TPSA) is 111 Å². The van der Waals surface area contributed by atoms with Crippen molar-refractivity contribution in [3.63, 3.8) is 0 Å². The molecule has 0 bridgehead atoms. The van der Waals surface area contributed by atoms with Gasteiger partial charge in [0, 0.05) is 21.8 Å². The zero-order chi connectivity index (χ0) is 17.9. The third-order valence-electron chi connectivity index (χ3n) is 4.97. The van der Waals surface area contributed by atoms with E-state index in [1.54, 1.807) is 24.9 Å². The SMILES string of the molecule is C[C@@H](O)[C@H]1C(=O)N2C(C(=O)[O-])=C(SC3CSc4cnnn4C3)[C@H](C)[C@H]12.[Na+]. The number of fused-ring (bicyclic) bond motifs is 2. The summed E-state index contributed by atoms with van der Waals surface area (Å²) in [6.45, 7) is 4.12. The number of hydrogen-bond acceptors (Lipinski definition) is 8. The van der Waals surface area contributed by atoms with Crippen LogP contribution in [0.25, 0.3) is 0 Å². The monoisotopic (exact) mass is 404 g/mol. The van der Waals surface area contributed by atoms with E-state index in [9.17, 15) is 19.8 Å². The second kappa shape index (κ2) is 7.48. The maximum absolute atomic E-state index is 12.3. The molecule has 134 valence electrons. The van der Waals surface area contributed by atoms with Crippen molar-refractivity contribution in [3.8, 4) is 0 Å². The fourth-order valence-corrected chi connectivity index (χ4v) is 6.37. The van der Waals surface area contributed by atoms with Crippen LogP contribution in [0.3, 0.4) is 0 Å². The zero-order valence-electron chi connectivity index (χ0n) is 14.7. The van der Waals surface area contributed by atoms with Crippen molar-refractivity contribution >= 4 is 35.4 Å². The van der Waals surface area contributed by atoms with Crippen LogP contribution in [0.1, 0.15) is 13.8 Å². The molecule has 0 spiro atoms. The first-order valence-corrected chi connectivity index (χ1v) is 9.91. The summed E-state index contributed by atoms with van der Waals surface area (Å²) in [6.07, 6.45) is 0.916. The maximum atomic E-state index is 12.3. The van der Waals surface area contributed by atoms with Crippen molar-refractivity contribution in [1.29, 1.82) is 0 Å². The Kier molecular flexibility index (Phi) is 5.82. The fourth-order valence-electron chi connectivity index (χ4n) is 3.83. The quantitative estimate of drug-likeness (QED) is 0.403. The standard InChI is InChI=1S/C15H18N4O4S2.Na/c1-6-11-10(7(2)20)14(21)19(11)12(15(22)23)13(6)25-8-4-18-9(24-5-8)3-16-17-18;/h3,6-8,10-11,20H,4-5H2,1-2H3,(H,22,23);/q;+1/p-1/t6-,7-,8?,10-,11-;/m1./s1. The normalized spacial score (nSPS) is 31.0. The van der Waals surface area contributed by atoms with E-state index in [2.05, 4.69) is 10.3 Å². The van der Waals surface area contributed by atoms with Crippen molar-refractivity contribution < 1.29 is 49.4 Å². The minimum atomic E-state index is -1.33. The predicted molar refractivity (Wildman–Crippen MR) is 89.1 cm³/mol. The molecule has 1 N–H and O–H groups in total. The molecule has 1 amide bonds. The predicted octanol–water partition coefficient (Wildman–Crippen LogP) is -3.69. The number of aliphatic hydroxyl groups is 1. The second-order valence-electron chi connectivity index (χ2n) is 6.56. The number of hydrogen-bond donors (Lipinski definition) is 1. The molecular weight excluding hydrogens is 387 g/mol. The molecule has 0 saturated carbocycles. The van der Waals surface area contributed by atoms with E-state index in [1.807, 2.05) is 11.6 Å². The Bertz CT molecular complexity index is 783. The Labute approximate surface area is 181 Å². The minimum absolute atomic E-state index is 0. The molecule has 1 fully saturated rings. The molecule has 0 radical (unpaired) electrons. The number of carbonyl (C=O) groups is 2. The Balaban J connectivity index is 0.00000196. The number of aliphatic hydroxyl groups excluding tert-OH is 1. The summed E-state index contributed by atoms with van der Waals surface area (Å²) in [5.74, 6) is -1.55. The molecule has 0 aromatic carbocycles. The van der Waals surface area contributed by atoms with E-state index in [4.69, 9.17) is 0 Å². The third kappa shape index (κ3) is 3.04. The van der Waals surface area contributed by atoms with E-state index < -0.39 is 18.0 Å².